The fourth-order valence-corrected chi connectivity index (χ4v) is 2.13. The molecule has 0 aliphatic heterocycles. The Kier molecular flexibility index (Phi) is 5.20. The molecule has 1 aromatic rings. The third-order valence-corrected chi connectivity index (χ3v) is 3.63. The number of rotatable bonds is 6. The standard InChI is InChI=1S/C16H27N/c1-13-6-7-14(2)15(12-13)8-9-16(3,4)10-11-17-5/h6-7,12,17H,8-11H2,1-5H3. The van der Waals surface area contributed by atoms with Crippen LogP contribution in [0.2, 0.25) is 0 Å². The molecule has 0 aliphatic rings. The SMILES string of the molecule is CNCCC(C)(C)CCc1cc(C)ccc1C. The van der Waals surface area contributed by atoms with Gasteiger partial charge in [0.25, 0.3) is 0 Å². The molecule has 1 N–H and O–H groups in total. The third-order valence-electron chi connectivity index (χ3n) is 3.63. The van der Waals surface area contributed by atoms with Gasteiger partial charge < -0.3 is 5.32 Å². The molecule has 0 bridgehead atoms. The van der Waals surface area contributed by atoms with E-state index in [0.29, 0.717) is 5.41 Å². The van der Waals surface area contributed by atoms with Gasteiger partial charge in [0.15, 0.2) is 0 Å². The molecular weight excluding hydrogens is 206 g/mol. The molecule has 0 heterocycles. The molecule has 1 nitrogen and oxygen atoms in total. The maximum absolute atomic E-state index is 3.24. The lowest BCUT2D eigenvalue weighted by molar-refractivity contribution is 0.305. The van der Waals surface area contributed by atoms with Crippen LogP contribution < -0.4 is 5.32 Å². The predicted molar refractivity (Wildman–Crippen MR) is 76.6 cm³/mol. The lowest BCUT2D eigenvalue weighted by atomic mass is 9.82. The van der Waals surface area contributed by atoms with Gasteiger partial charge in [0, 0.05) is 0 Å². The highest BCUT2D eigenvalue weighted by atomic mass is 14.8. The second-order valence-electron chi connectivity index (χ2n) is 5.95. The van der Waals surface area contributed by atoms with Crippen molar-refractivity contribution < 1.29 is 0 Å². The maximum Gasteiger partial charge on any atom is -0.00468 e. The number of aryl methyl sites for hydroxylation is 3. The molecule has 0 spiro atoms. The monoisotopic (exact) mass is 233 g/mol. The first-order chi connectivity index (χ1) is 7.94. The smallest absolute Gasteiger partial charge is 0.00468 e. The van der Waals surface area contributed by atoms with Crippen LogP contribution in [0.5, 0.6) is 0 Å². The van der Waals surface area contributed by atoms with E-state index in [1.807, 2.05) is 7.05 Å². The zero-order valence-electron chi connectivity index (χ0n) is 12.1. The molecule has 0 aromatic heterocycles. The van der Waals surface area contributed by atoms with Crippen molar-refractivity contribution in [2.75, 3.05) is 13.6 Å². The summed E-state index contributed by atoms with van der Waals surface area (Å²) in [5, 5.41) is 3.24. The molecule has 0 fully saturated rings. The Balaban J connectivity index is 2.57. The molecule has 0 amide bonds. The fourth-order valence-electron chi connectivity index (χ4n) is 2.13. The van der Waals surface area contributed by atoms with Crippen molar-refractivity contribution in [3.8, 4) is 0 Å². The van der Waals surface area contributed by atoms with E-state index in [-0.39, 0.29) is 0 Å². The van der Waals surface area contributed by atoms with Gasteiger partial charge in [0.1, 0.15) is 0 Å². The van der Waals surface area contributed by atoms with Crippen molar-refractivity contribution in [1.29, 1.82) is 0 Å². The Morgan fingerprint density at radius 1 is 1.12 bits per heavy atom. The molecule has 0 aliphatic carbocycles. The second-order valence-corrected chi connectivity index (χ2v) is 5.95. The summed E-state index contributed by atoms with van der Waals surface area (Å²) in [5.74, 6) is 0. The van der Waals surface area contributed by atoms with E-state index in [9.17, 15) is 0 Å². The minimum atomic E-state index is 0.430. The van der Waals surface area contributed by atoms with Crippen molar-refractivity contribution in [1.82, 2.24) is 5.32 Å². The van der Waals surface area contributed by atoms with Crippen LogP contribution in [0.3, 0.4) is 0 Å². The van der Waals surface area contributed by atoms with E-state index < -0.39 is 0 Å². The third kappa shape index (κ3) is 4.91. The summed E-state index contributed by atoms with van der Waals surface area (Å²) in [4.78, 5) is 0. The van der Waals surface area contributed by atoms with Crippen molar-refractivity contribution in [3.05, 3.63) is 34.9 Å². The highest BCUT2D eigenvalue weighted by molar-refractivity contribution is 5.30. The van der Waals surface area contributed by atoms with Crippen LogP contribution in [-0.4, -0.2) is 13.6 Å². The van der Waals surface area contributed by atoms with Gasteiger partial charge in [-0.1, -0.05) is 37.6 Å². The average molecular weight is 233 g/mol. The van der Waals surface area contributed by atoms with Crippen LogP contribution >= 0.6 is 0 Å². The molecule has 1 aromatic carbocycles. The largest absolute Gasteiger partial charge is 0.320 e. The summed E-state index contributed by atoms with van der Waals surface area (Å²) in [6.07, 6.45) is 3.71. The van der Waals surface area contributed by atoms with E-state index in [0.717, 1.165) is 6.54 Å². The van der Waals surface area contributed by atoms with E-state index in [1.54, 1.807) is 0 Å². The molecule has 17 heavy (non-hydrogen) atoms. The fraction of sp³-hybridized carbons (Fsp3) is 0.625. The Bertz CT molecular complexity index is 353. The van der Waals surface area contributed by atoms with Gasteiger partial charge in [-0.3, -0.25) is 0 Å². The molecule has 96 valence electrons. The van der Waals surface area contributed by atoms with E-state index in [1.165, 1.54) is 36.0 Å². The van der Waals surface area contributed by atoms with Gasteiger partial charge in [-0.25, -0.2) is 0 Å². The summed E-state index contributed by atoms with van der Waals surface area (Å²) in [5.41, 5.74) is 4.75. The second kappa shape index (κ2) is 6.20. The number of nitrogens with one attached hydrogen (secondary N) is 1. The van der Waals surface area contributed by atoms with Crippen molar-refractivity contribution in [2.45, 2.75) is 47.0 Å². The molecule has 0 atom stereocenters. The predicted octanol–water partition coefficient (Wildman–Crippen LogP) is 3.87. The highest BCUT2D eigenvalue weighted by Crippen LogP contribution is 2.27. The first-order valence-corrected chi connectivity index (χ1v) is 6.65. The Morgan fingerprint density at radius 2 is 1.82 bits per heavy atom. The topological polar surface area (TPSA) is 12.0 Å². The van der Waals surface area contributed by atoms with Crippen LogP contribution in [0.1, 0.15) is 43.4 Å². The number of benzene rings is 1. The molecule has 0 saturated heterocycles. The lowest BCUT2D eigenvalue weighted by Crippen LogP contribution is -2.20. The number of hydrogen-bond acceptors (Lipinski definition) is 1. The zero-order chi connectivity index (χ0) is 12.9. The Labute approximate surface area is 107 Å². The molecule has 0 radical (unpaired) electrons. The van der Waals surface area contributed by atoms with Crippen LogP contribution in [0.15, 0.2) is 18.2 Å². The minimum absolute atomic E-state index is 0.430. The van der Waals surface area contributed by atoms with Gasteiger partial charge in [0.05, 0.1) is 0 Å². The summed E-state index contributed by atoms with van der Waals surface area (Å²) in [6.45, 7) is 10.2. The summed E-state index contributed by atoms with van der Waals surface area (Å²) < 4.78 is 0. The van der Waals surface area contributed by atoms with Crippen molar-refractivity contribution in [3.63, 3.8) is 0 Å². The van der Waals surface area contributed by atoms with Crippen LogP contribution in [0.4, 0.5) is 0 Å². The molecule has 1 heteroatoms. The van der Waals surface area contributed by atoms with Gasteiger partial charge in [0.2, 0.25) is 0 Å². The average Bonchev–Trinajstić information content (AvgIpc) is 2.28. The highest BCUT2D eigenvalue weighted by Gasteiger charge is 2.17. The first-order valence-electron chi connectivity index (χ1n) is 6.65. The Hall–Kier alpha value is -0.820. The normalized spacial score (nSPS) is 11.8. The van der Waals surface area contributed by atoms with E-state index in [2.05, 4.69) is 51.2 Å². The molecule has 1 rings (SSSR count). The minimum Gasteiger partial charge on any atom is -0.320 e. The van der Waals surface area contributed by atoms with Crippen LogP contribution in [0, 0.1) is 19.3 Å². The van der Waals surface area contributed by atoms with Gasteiger partial charge >= 0.3 is 0 Å². The van der Waals surface area contributed by atoms with Crippen molar-refractivity contribution in [2.24, 2.45) is 5.41 Å². The van der Waals surface area contributed by atoms with E-state index >= 15 is 0 Å². The van der Waals surface area contributed by atoms with Gasteiger partial charge in [-0.15, -0.1) is 0 Å². The molecular formula is C16H27N. The molecule has 0 saturated carbocycles. The molecule has 0 unspecified atom stereocenters. The maximum atomic E-state index is 3.24. The summed E-state index contributed by atoms with van der Waals surface area (Å²) in [6, 6.07) is 6.78. The van der Waals surface area contributed by atoms with Crippen LogP contribution in [0.25, 0.3) is 0 Å². The van der Waals surface area contributed by atoms with E-state index in [4.69, 9.17) is 0 Å². The number of hydrogen-bond donors (Lipinski definition) is 1. The van der Waals surface area contributed by atoms with Crippen molar-refractivity contribution >= 4 is 0 Å². The first kappa shape index (κ1) is 14.2. The zero-order valence-corrected chi connectivity index (χ0v) is 12.1. The van der Waals surface area contributed by atoms with Crippen LogP contribution in [-0.2, 0) is 6.42 Å². The summed E-state index contributed by atoms with van der Waals surface area (Å²) >= 11 is 0. The quantitative estimate of drug-likeness (QED) is 0.786. The van der Waals surface area contributed by atoms with Gasteiger partial charge in [-0.2, -0.15) is 0 Å². The Morgan fingerprint density at radius 3 is 2.47 bits per heavy atom. The van der Waals surface area contributed by atoms with Gasteiger partial charge in [-0.05, 0) is 63.2 Å². The lowest BCUT2D eigenvalue weighted by Gasteiger charge is -2.25. The summed E-state index contributed by atoms with van der Waals surface area (Å²) in [7, 11) is 2.03.